The Balaban J connectivity index is 1.62. The first-order chi connectivity index (χ1) is 15.5. The van der Waals surface area contributed by atoms with E-state index in [0.29, 0.717) is 32.1 Å². The summed E-state index contributed by atoms with van der Waals surface area (Å²) < 4.78 is 20.5. The van der Waals surface area contributed by atoms with Crippen LogP contribution < -0.4 is 15.1 Å². The first kappa shape index (κ1) is 21.2. The van der Waals surface area contributed by atoms with E-state index < -0.39 is 34.8 Å². The SMILES string of the molecule is CC(CO)NC(=O)C1C(=O)c2cc(F)c(N3CCOCC3)nc2N2c3ccccc3SC12. The first-order valence-corrected chi connectivity index (χ1v) is 11.4. The van der Waals surface area contributed by atoms with Crippen LogP contribution in [0, 0.1) is 11.7 Å². The zero-order valence-electron chi connectivity index (χ0n) is 17.5. The predicted octanol–water partition coefficient (Wildman–Crippen LogP) is 1.94. The van der Waals surface area contributed by atoms with Crippen LogP contribution in [0.15, 0.2) is 35.2 Å². The van der Waals surface area contributed by atoms with Crippen molar-refractivity contribution in [1.29, 1.82) is 0 Å². The molecule has 168 valence electrons. The number of carbonyl (C=O) groups is 2. The molecule has 3 aliphatic rings. The second-order valence-corrected chi connectivity index (χ2v) is 9.20. The van der Waals surface area contributed by atoms with Crippen molar-refractivity contribution in [2.24, 2.45) is 5.92 Å². The summed E-state index contributed by atoms with van der Waals surface area (Å²) in [5, 5.41) is 11.5. The van der Waals surface area contributed by atoms with Crippen LogP contribution in [-0.4, -0.2) is 66.1 Å². The summed E-state index contributed by atoms with van der Waals surface area (Å²) in [5.41, 5.74) is 0.918. The van der Waals surface area contributed by atoms with Crippen LogP contribution in [0.2, 0.25) is 0 Å². The molecule has 3 unspecified atom stereocenters. The van der Waals surface area contributed by atoms with E-state index in [4.69, 9.17) is 4.74 Å². The Hall–Kier alpha value is -2.69. The van der Waals surface area contributed by atoms with Crippen LogP contribution in [0.5, 0.6) is 0 Å². The minimum absolute atomic E-state index is 0.0878. The van der Waals surface area contributed by atoms with Gasteiger partial charge in [-0.15, -0.1) is 0 Å². The van der Waals surface area contributed by atoms with Crippen molar-refractivity contribution in [3.8, 4) is 0 Å². The fourth-order valence-electron chi connectivity index (χ4n) is 4.28. The van der Waals surface area contributed by atoms with E-state index in [9.17, 15) is 14.7 Å². The normalized spacial score (nSPS) is 22.8. The number of thioether (sulfide) groups is 1. The number of Topliss-reactive ketones (excluding diaryl/α,β-unsaturated/α-hetero) is 1. The number of rotatable bonds is 4. The quantitative estimate of drug-likeness (QED) is 0.672. The van der Waals surface area contributed by atoms with Crippen LogP contribution in [-0.2, 0) is 9.53 Å². The maximum Gasteiger partial charge on any atom is 0.234 e. The smallest absolute Gasteiger partial charge is 0.234 e. The fourth-order valence-corrected chi connectivity index (χ4v) is 5.69. The van der Waals surface area contributed by atoms with E-state index in [1.54, 1.807) is 6.92 Å². The molecule has 1 saturated heterocycles. The Kier molecular flexibility index (Phi) is 5.52. The number of hydrogen-bond acceptors (Lipinski definition) is 8. The van der Waals surface area contributed by atoms with E-state index in [0.717, 1.165) is 10.6 Å². The topological polar surface area (TPSA) is 95.0 Å². The molecular formula is C22H23FN4O4S. The molecule has 1 aromatic carbocycles. The number of halogens is 1. The highest BCUT2D eigenvalue weighted by Gasteiger charge is 2.50. The molecule has 0 radical (unpaired) electrons. The lowest BCUT2D eigenvalue weighted by molar-refractivity contribution is -0.124. The van der Waals surface area contributed by atoms with Gasteiger partial charge in [0.25, 0.3) is 0 Å². The van der Waals surface area contributed by atoms with Gasteiger partial charge in [0.05, 0.1) is 31.1 Å². The number of ether oxygens (including phenoxy) is 1. The van der Waals surface area contributed by atoms with Gasteiger partial charge in [-0.05, 0) is 25.1 Å². The van der Waals surface area contributed by atoms with Crippen LogP contribution in [0.3, 0.4) is 0 Å². The molecular weight excluding hydrogens is 435 g/mol. The molecule has 1 fully saturated rings. The second kappa shape index (κ2) is 8.34. The number of carbonyl (C=O) groups excluding carboxylic acids is 2. The highest BCUT2D eigenvalue weighted by Crippen LogP contribution is 2.53. The summed E-state index contributed by atoms with van der Waals surface area (Å²) >= 11 is 1.42. The largest absolute Gasteiger partial charge is 0.394 e. The number of amides is 1. The van der Waals surface area contributed by atoms with Gasteiger partial charge in [0.2, 0.25) is 5.91 Å². The first-order valence-electron chi connectivity index (χ1n) is 10.5. The van der Waals surface area contributed by atoms with E-state index in [-0.39, 0.29) is 18.0 Å². The number of nitrogens with one attached hydrogen (secondary N) is 1. The summed E-state index contributed by atoms with van der Waals surface area (Å²) in [7, 11) is 0. The predicted molar refractivity (Wildman–Crippen MR) is 118 cm³/mol. The van der Waals surface area contributed by atoms with Gasteiger partial charge in [-0.3, -0.25) is 9.59 Å². The zero-order chi connectivity index (χ0) is 22.4. The second-order valence-electron chi connectivity index (χ2n) is 8.04. The van der Waals surface area contributed by atoms with Crippen molar-refractivity contribution in [3.05, 3.63) is 41.7 Å². The maximum atomic E-state index is 15.1. The van der Waals surface area contributed by atoms with E-state index >= 15 is 4.39 Å². The van der Waals surface area contributed by atoms with Gasteiger partial charge in [0, 0.05) is 24.0 Å². The Morgan fingerprint density at radius 1 is 1.34 bits per heavy atom. The average molecular weight is 459 g/mol. The van der Waals surface area contributed by atoms with E-state index in [1.165, 1.54) is 17.8 Å². The van der Waals surface area contributed by atoms with Gasteiger partial charge in [-0.1, -0.05) is 23.9 Å². The third kappa shape index (κ3) is 3.42. The highest BCUT2D eigenvalue weighted by molar-refractivity contribution is 8.00. The van der Waals surface area contributed by atoms with Gasteiger partial charge in [-0.2, -0.15) is 0 Å². The molecule has 2 N–H and O–H groups in total. The third-order valence-electron chi connectivity index (χ3n) is 5.88. The van der Waals surface area contributed by atoms with Crippen molar-refractivity contribution in [2.75, 3.05) is 42.7 Å². The monoisotopic (exact) mass is 458 g/mol. The number of nitrogens with zero attached hydrogens (tertiary/aromatic N) is 3. The number of morpholine rings is 1. The summed E-state index contributed by atoms with van der Waals surface area (Å²) in [5.74, 6) is -2.08. The van der Waals surface area contributed by atoms with Gasteiger partial charge in [0.15, 0.2) is 17.4 Å². The van der Waals surface area contributed by atoms with Gasteiger partial charge in [0.1, 0.15) is 17.1 Å². The van der Waals surface area contributed by atoms with Crippen LogP contribution in [0.4, 0.5) is 21.7 Å². The molecule has 5 rings (SSSR count). The van der Waals surface area contributed by atoms with Gasteiger partial charge < -0.3 is 25.0 Å². The number of fused-ring (bicyclic) bond motifs is 5. The molecule has 10 heteroatoms. The molecule has 3 aliphatic heterocycles. The van der Waals surface area contributed by atoms with Crippen molar-refractivity contribution in [1.82, 2.24) is 10.3 Å². The molecule has 1 aromatic heterocycles. The third-order valence-corrected chi connectivity index (χ3v) is 7.20. The summed E-state index contributed by atoms with van der Waals surface area (Å²) in [6.45, 7) is 3.39. The summed E-state index contributed by atoms with van der Waals surface area (Å²) in [6, 6.07) is 8.32. The van der Waals surface area contributed by atoms with E-state index in [2.05, 4.69) is 10.3 Å². The lowest BCUT2D eigenvalue weighted by Crippen LogP contribution is -2.52. The fraction of sp³-hybridized carbons (Fsp3) is 0.409. The number of aliphatic hydroxyl groups is 1. The number of aliphatic hydroxyl groups excluding tert-OH is 1. The Morgan fingerprint density at radius 2 is 2.09 bits per heavy atom. The number of benzene rings is 1. The molecule has 32 heavy (non-hydrogen) atoms. The summed E-state index contributed by atoms with van der Waals surface area (Å²) in [6.07, 6.45) is 0. The number of ketones is 1. The minimum atomic E-state index is -1.07. The maximum absolute atomic E-state index is 15.1. The van der Waals surface area contributed by atoms with Crippen LogP contribution in [0.1, 0.15) is 17.3 Å². The molecule has 1 amide bonds. The van der Waals surface area contributed by atoms with Crippen molar-refractivity contribution in [2.45, 2.75) is 23.2 Å². The average Bonchev–Trinajstić information content (AvgIpc) is 3.18. The number of anilines is 3. The Morgan fingerprint density at radius 3 is 2.84 bits per heavy atom. The lowest BCUT2D eigenvalue weighted by Gasteiger charge is -2.37. The number of aromatic nitrogens is 1. The van der Waals surface area contributed by atoms with Crippen molar-refractivity contribution >= 4 is 40.8 Å². The van der Waals surface area contributed by atoms with Crippen molar-refractivity contribution < 1.29 is 23.8 Å². The van der Waals surface area contributed by atoms with Gasteiger partial charge in [-0.25, -0.2) is 9.37 Å². The standard InChI is InChI=1S/C22H23FN4O4S/c1-12(11-28)24-21(30)17-18(29)13-10-14(23)20(26-6-8-31-9-7-26)25-19(13)27-15-4-2-3-5-16(15)32-22(17)27/h2-5,10,12,17,22,28H,6-9,11H2,1H3,(H,24,30). The molecule has 2 aromatic rings. The molecule has 0 bridgehead atoms. The molecule has 8 nitrogen and oxygen atoms in total. The molecule has 0 aliphatic carbocycles. The Labute approximate surface area is 188 Å². The highest BCUT2D eigenvalue weighted by atomic mass is 32.2. The minimum Gasteiger partial charge on any atom is -0.394 e. The molecule has 4 heterocycles. The van der Waals surface area contributed by atoms with Crippen LogP contribution in [0.25, 0.3) is 0 Å². The van der Waals surface area contributed by atoms with Crippen molar-refractivity contribution in [3.63, 3.8) is 0 Å². The summed E-state index contributed by atoms with van der Waals surface area (Å²) in [4.78, 5) is 35.7. The number of para-hydroxylation sites is 1. The zero-order valence-corrected chi connectivity index (χ0v) is 18.3. The van der Waals surface area contributed by atoms with Crippen LogP contribution >= 0.6 is 11.8 Å². The Bertz CT molecular complexity index is 1080. The number of hydrogen-bond donors (Lipinski definition) is 2. The molecule has 3 atom stereocenters. The molecule has 0 saturated carbocycles. The van der Waals surface area contributed by atoms with E-state index in [1.807, 2.05) is 34.1 Å². The number of pyridine rings is 1. The lowest BCUT2D eigenvalue weighted by atomic mass is 9.91. The molecule has 0 spiro atoms. The van der Waals surface area contributed by atoms with Gasteiger partial charge >= 0.3 is 0 Å².